The summed E-state index contributed by atoms with van der Waals surface area (Å²) in [6, 6.07) is -1.17. The third-order valence-corrected chi connectivity index (χ3v) is 8.80. The first-order valence-electron chi connectivity index (χ1n) is 12.4. The van der Waals surface area contributed by atoms with Gasteiger partial charge in [0.15, 0.2) is 11.3 Å². The van der Waals surface area contributed by atoms with Crippen molar-refractivity contribution in [1.82, 2.24) is 14.6 Å². The number of alkyl halides is 2. The lowest BCUT2D eigenvalue weighted by Gasteiger charge is -2.25. The predicted molar refractivity (Wildman–Crippen MR) is 146 cm³/mol. The van der Waals surface area contributed by atoms with Crippen LogP contribution in [0.25, 0.3) is 0 Å². The second-order valence-corrected chi connectivity index (χ2v) is 13.9. The van der Waals surface area contributed by atoms with Gasteiger partial charge in [-0.2, -0.15) is 0 Å². The Balaban J connectivity index is 2.19. The number of carbonyl (C=O) groups excluding carboxylic acids is 2. The highest BCUT2D eigenvalue weighted by Crippen LogP contribution is 2.48. The van der Waals surface area contributed by atoms with E-state index in [2.05, 4.69) is 5.09 Å². The maximum absolute atomic E-state index is 15.4. The minimum absolute atomic E-state index is 0.0528. The minimum Gasteiger partial charge on any atom is -0.462 e. The fraction of sp³-hybridized carbons (Fsp3) is 0.739. The number of aliphatic hydroxyl groups is 1. The molecule has 0 saturated carbocycles. The molecule has 1 fully saturated rings. The number of hydrogen-bond acceptors (Lipinski definition) is 11. The van der Waals surface area contributed by atoms with Crippen LogP contribution in [-0.2, 0) is 32.7 Å². The number of esters is 1. The van der Waals surface area contributed by atoms with E-state index in [4.69, 9.17) is 30.1 Å². The van der Waals surface area contributed by atoms with Gasteiger partial charge >= 0.3 is 19.4 Å². The number of carbonyl (C=O) groups is 2. The van der Waals surface area contributed by atoms with Crippen LogP contribution in [0.3, 0.4) is 0 Å². The van der Waals surface area contributed by atoms with Crippen LogP contribution in [0.15, 0.2) is 15.8 Å². The Kier molecular flexibility index (Phi) is 11.8. The van der Waals surface area contributed by atoms with Crippen LogP contribution in [-0.4, -0.2) is 74.2 Å². The van der Waals surface area contributed by atoms with Gasteiger partial charge in [-0.1, -0.05) is 44.1 Å². The normalized spacial score (nSPS) is 25.5. The van der Waals surface area contributed by atoms with Gasteiger partial charge in [-0.05, 0) is 27.7 Å². The summed E-state index contributed by atoms with van der Waals surface area (Å²) in [6.45, 7) is 10.2. The van der Waals surface area contributed by atoms with Gasteiger partial charge in [0.1, 0.15) is 18.2 Å². The Morgan fingerprint density at radius 1 is 1.32 bits per heavy atom. The second kappa shape index (κ2) is 13.6. The number of rotatable bonds is 12. The number of halogens is 2. The molecule has 2 heterocycles. The van der Waals surface area contributed by atoms with Crippen molar-refractivity contribution in [3.8, 4) is 0 Å². The highest BCUT2D eigenvalue weighted by Gasteiger charge is 2.58. The molecule has 0 aliphatic carbocycles. The van der Waals surface area contributed by atoms with E-state index in [1.165, 1.54) is 13.8 Å². The first kappa shape index (κ1) is 34.6. The zero-order chi connectivity index (χ0) is 30.6. The summed E-state index contributed by atoms with van der Waals surface area (Å²) >= 11 is 6.86. The first-order valence-corrected chi connectivity index (χ1v) is 15.3. The van der Waals surface area contributed by atoms with Crippen LogP contribution in [0.5, 0.6) is 0 Å². The highest BCUT2D eigenvalue weighted by atomic mass is 35.5. The maximum atomic E-state index is 15.4. The standard InChI is InChI=1S/C23H36ClFN3O10PS/c1-12(2)37-18(31)14(4)27-39(34,35-8-9-40-20(32)22(5,6)7)36-11-15-16(29)23(24,25)19(38-15)28-10-13(3)17(30)26-21(28)33/h10,12,14-16,19,29H,8-9,11H2,1-7H3,(H,27,34)(H,26,30,33)/t14?,15-,16-,19-,23-,39?/m1/s1. The van der Waals surface area contributed by atoms with E-state index in [1.54, 1.807) is 34.6 Å². The number of nitrogens with zero attached hydrogens (tertiary/aromatic N) is 1. The third kappa shape index (κ3) is 8.96. The number of nitrogens with one attached hydrogen (secondary N) is 2. The molecule has 0 aromatic carbocycles. The van der Waals surface area contributed by atoms with E-state index in [-0.39, 0.29) is 23.0 Å². The van der Waals surface area contributed by atoms with Gasteiger partial charge in [0.05, 0.1) is 19.3 Å². The molecule has 0 spiro atoms. The molecular formula is C23H36ClFN3O10PS. The average Bonchev–Trinajstić information content (AvgIpc) is 3.05. The van der Waals surface area contributed by atoms with Crippen molar-refractivity contribution >= 4 is 42.2 Å². The topological polar surface area (TPSA) is 175 Å². The molecule has 6 atom stereocenters. The number of H-pyrrole nitrogens is 1. The summed E-state index contributed by atoms with van der Waals surface area (Å²) in [5.41, 5.74) is -2.29. The Morgan fingerprint density at radius 2 is 1.95 bits per heavy atom. The van der Waals surface area contributed by atoms with Crippen molar-refractivity contribution in [2.75, 3.05) is 19.0 Å². The van der Waals surface area contributed by atoms with Crippen molar-refractivity contribution in [2.45, 2.75) is 84.2 Å². The molecule has 13 nitrogen and oxygen atoms in total. The Labute approximate surface area is 240 Å². The van der Waals surface area contributed by atoms with Gasteiger partial charge in [0.2, 0.25) is 0 Å². The van der Waals surface area contributed by atoms with Crippen molar-refractivity contribution in [2.24, 2.45) is 5.41 Å². The number of aryl methyl sites for hydroxylation is 1. The molecule has 2 unspecified atom stereocenters. The summed E-state index contributed by atoms with van der Waals surface area (Å²) in [7, 11) is -4.36. The summed E-state index contributed by atoms with van der Waals surface area (Å²) in [6.07, 6.45) is -4.95. The summed E-state index contributed by atoms with van der Waals surface area (Å²) in [4.78, 5) is 50.4. The lowest BCUT2D eigenvalue weighted by atomic mass is 10.00. The number of aromatic nitrogens is 2. The monoisotopic (exact) mass is 631 g/mol. The van der Waals surface area contributed by atoms with Gasteiger partial charge in [-0.15, -0.1) is 0 Å². The fourth-order valence-electron chi connectivity index (χ4n) is 3.28. The lowest BCUT2D eigenvalue weighted by Crippen LogP contribution is -2.42. The number of aromatic amines is 1. The first-order chi connectivity index (χ1) is 18.3. The summed E-state index contributed by atoms with van der Waals surface area (Å²) in [5.74, 6) is -0.655. The number of ether oxygens (including phenoxy) is 2. The van der Waals surface area contributed by atoms with E-state index >= 15 is 4.39 Å². The third-order valence-electron chi connectivity index (χ3n) is 5.43. The van der Waals surface area contributed by atoms with E-state index in [1.807, 2.05) is 4.98 Å². The number of hydrogen-bond donors (Lipinski definition) is 3. The van der Waals surface area contributed by atoms with Crippen LogP contribution < -0.4 is 16.3 Å². The van der Waals surface area contributed by atoms with Gasteiger partial charge in [-0.25, -0.2) is 18.8 Å². The fourth-order valence-corrected chi connectivity index (χ4v) is 5.97. The Morgan fingerprint density at radius 3 is 2.52 bits per heavy atom. The zero-order valence-corrected chi connectivity index (χ0v) is 25.7. The summed E-state index contributed by atoms with van der Waals surface area (Å²) in [5, 5.41) is 9.77. The van der Waals surface area contributed by atoms with Crippen molar-refractivity contribution in [3.63, 3.8) is 0 Å². The van der Waals surface area contributed by atoms with Crippen molar-refractivity contribution in [1.29, 1.82) is 0 Å². The molecule has 1 saturated heterocycles. The molecule has 3 N–H and O–H groups in total. The van der Waals surface area contributed by atoms with Crippen molar-refractivity contribution in [3.05, 3.63) is 32.6 Å². The van der Waals surface area contributed by atoms with Gasteiger partial charge < -0.3 is 14.6 Å². The molecule has 40 heavy (non-hydrogen) atoms. The van der Waals surface area contributed by atoms with E-state index in [0.717, 1.165) is 18.0 Å². The largest absolute Gasteiger partial charge is 0.462 e. The van der Waals surface area contributed by atoms with Gasteiger partial charge in [0, 0.05) is 22.9 Å². The zero-order valence-electron chi connectivity index (χ0n) is 23.3. The van der Waals surface area contributed by atoms with E-state index in [9.17, 15) is 28.8 Å². The molecule has 0 radical (unpaired) electrons. The summed E-state index contributed by atoms with van der Waals surface area (Å²) < 4.78 is 51.0. The number of aliphatic hydroxyl groups excluding tert-OH is 1. The molecule has 228 valence electrons. The number of thioether (sulfide) groups is 1. The Bertz CT molecular complexity index is 1230. The molecule has 2 rings (SSSR count). The second-order valence-electron chi connectivity index (χ2n) is 10.5. The smallest absolute Gasteiger partial charge is 0.406 e. The molecular weight excluding hydrogens is 596 g/mol. The van der Waals surface area contributed by atoms with Crippen LogP contribution in [0.2, 0.25) is 0 Å². The molecule has 1 aromatic rings. The SMILES string of the molecule is Cc1cn([C@@H]2O[C@H](COP(=O)(NC(C)C(=O)OC(C)C)OCCSC(=O)C(C)(C)C)[C@@H](O)[C@]2(F)Cl)c(=O)[nH]c1=O. The van der Waals surface area contributed by atoms with Crippen LogP contribution in [0.4, 0.5) is 4.39 Å². The quantitative estimate of drug-likeness (QED) is 0.133. The molecule has 1 aliphatic heterocycles. The predicted octanol–water partition coefficient (Wildman–Crippen LogP) is 2.38. The molecule has 1 aromatic heterocycles. The van der Waals surface area contributed by atoms with Crippen LogP contribution >= 0.6 is 31.1 Å². The average molecular weight is 632 g/mol. The maximum Gasteiger partial charge on any atom is 0.406 e. The minimum atomic E-state index is -4.36. The lowest BCUT2D eigenvalue weighted by molar-refractivity contribution is -0.149. The van der Waals surface area contributed by atoms with Crippen LogP contribution in [0.1, 0.15) is 53.3 Å². The van der Waals surface area contributed by atoms with Crippen LogP contribution in [0, 0.1) is 12.3 Å². The molecule has 0 amide bonds. The highest BCUT2D eigenvalue weighted by molar-refractivity contribution is 8.13. The molecule has 1 aliphatic rings. The van der Waals surface area contributed by atoms with Gasteiger partial charge in [0.25, 0.3) is 10.7 Å². The molecule has 17 heteroatoms. The molecule has 0 bridgehead atoms. The Hall–Kier alpha value is -1.58. The van der Waals surface area contributed by atoms with E-state index in [0.29, 0.717) is 4.57 Å². The van der Waals surface area contributed by atoms with Gasteiger partial charge in [-0.3, -0.25) is 33.0 Å². The van der Waals surface area contributed by atoms with Crippen molar-refractivity contribution < 1.29 is 42.2 Å². The van der Waals surface area contributed by atoms with E-state index < -0.39 is 72.7 Å².